The summed E-state index contributed by atoms with van der Waals surface area (Å²) in [6, 6.07) is 25.0. The number of rotatable bonds is 8. The van der Waals surface area contributed by atoms with Crippen LogP contribution in [0.4, 0.5) is 0 Å². The third-order valence-corrected chi connectivity index (χ3v) is 5.46. The average Bonchev–Trinajstić information content (AvgIpc) is 3.24. The number of ether oxygens (including phenoxy) is 4. The summed E-state index contributed by atoms with van der Waals surface area (Å²) in [4.78, 5) is 42.1. The van der Waals surface area contributed by atoms with E-state index in [4.69, 9.17) is 31.2 Å². The smallest absolute Gasteiger partial charge is 0.338 e. The zero-order chi connectivity index (χ0) is 25.3. The molecule has 0 aromatic heterocycles. The van der Waals surface area contributed by atoms with Crippen LogP contribution in [0.25, 0.3) is 0 Å². The van der Waals surface area contributed by atoms with E-state index in [-0.39, 0.29) is 17.7 Å². The van der Waals surface area contributed by atoms with Gasteiger partial charge in [-0.3, -0.25) is 0 Å². The fraction of sp³-hybridized carbons (Fsp3) is 0.185. The minimum Gasteiger partial charge on any atom is -0.459 e. The van der Waals surface area contributed by atoms with E-state index < -0.39 is 42.4 Å². The molecule has 0 bridgehead atoms. The monoisotopic (exact) mass is 503 g/mol. The number of aliphatic imine (C=N–C) groups is 1. The van der Waals surface area contributed by atoms with Crippen molar-refractivity contribution < 1.29 is 33.3 Å². The summed E-state index contributed by atoms with van der Waals surface area (Å²) >= 11 is 4.73. The van der Waals surface area contributed by atoms with E-state index in [1.165, 1.54) is 0 Å². The van der Waals surface area contributed by atoms with E-state index in [2.05, 4.69) is 10.2 Å². The van der Waals surface area contributed by atoms with E-state index in [0.717, 1.165) is 0 Å². The summed E-state index contributed by atoms with van der Waals surface area (Å²) in [7, 11) is 0. The van der Waals surface area contributed by atoms with Crippen molar-refractivity contribution in [1.82, 2.24) is 0 Å². The van der Waals surface area contributed by atoms with Crippen molar-refractivity contribution >= 4 is 35.3 Å². The molecule has 9 heteroatoms. The molecule has 0 radical (unpaired) electrons. The highest BCUT2D eigenvalue weighted by atomic mass is 32.1. The number of esters is 3. The number of hydrogen-bond donors (Lipinski definition) is 0. The molecule has 4 rings (SSSR count). The SMILES string of the molecule is O=C(OC[C@H]1O[C@@H](N=C=S)[C@H](OC(=O)c2ccccc2)[C@@H]1OC(=O)c1ccccc1)c1ccccc1. The zero-order valence-electron chi connectivity index (χ0n) is 18.9. The lowest BCUT2D eigenvalue weighted by molar-refractivity contribution is -0.0445. The van der Waals surface area contributed by atoms with Gasteiger partial charge in [0.25, 0.3) is 0 Å². The first kappa shape index (κ1) is 24.9. The fourth-order valence-electron chi connectivity index (χ4n) is 3.61. The normalized spacial score (nSPS) is 20.6. The van der Waals surface area contributed by atoms with Gasteiger partial charge in [0.05, 0.1) is 21.9 Å². The van der Waals surface area contributed by atoms with Gasteiger partial charge >= 0.3 is 17.9 Å². The maximum Gasteiger partial charge on any atom is 0.338 e. The Bertz CT molecular complexity index is 1250. The molecule has 182 valence electrons. The van der Waals surface area contributed by atoms with Gasteiger partial charge in [-0.2, -0.15) is 4.99 Å². The van der Waals surface area contributed by atoms with Crippen LogP contribution in [0.3, 0.4) is 0 Å². The summed E-state index contributed by atoms with van der Waals surface area (Å²) in [6.07, 6.45) is -4.42. The van der Waals surface area contributed by atoms with Crippen LogP contribution >= 0.6 is 12.2 Å². The molecule has 1 heterocycles. The molecule has 0 unspecified atom stereocenters. The Morgan fingerprint density at radius 3 is 1.64 bits per heavy atom. The molecule has 8 nitrogen and oxygen atoms in total. The molecular weight excluding hydrogens is 482 g/mol. The predicted octanol–water partition coefficient (Wildman–Crippen LogP) is 4.12. The standard InChI is InChI=1S/C27H21NO7S/c29-25(18-10-4-1-5-11-18)32-16-21-22(34-26(30)19-12-6-2-7-13-19)23(24(33-21)28-17-36)35-27(31)20-14-8-3-9-15-20/h1-15,21-24H,16H2/t21-,22-,23-,24-/m1/s1. The van der Waals surface area contributed by atoms with Crippen molar-refractivity contribution in [2.75, 3.05) is 6.61 Å². The summed E-state index contributed by atoms with van der Waals surface area (Å²) < 4.78 is 22.7. The van der Waals surface area contributed by atoms with Crippen LogP contribution in [-0.4, -0.2) is 54.2 Å². The minimum atomic E-state index is -1.17. The lowest BCUT2D eigenvalue weighted by atomic mass is 10.1. The van der Waals surface area contributed by atoms with E-state index in [0.29, 0.717) is 5.56 Å². The van der Waals surface area contributed by atoms with Crippen molar-refractivity contribution in [2.24, 2.45) is 4.99 Å². The Kier molecular flexibility index (Phi) is 8.31. The van der Waals surface area contributed by atoms with Crippen molar-refractivity contribution in [1.29, 1.82) is 0 Å². The average molecular weight is 504 g/mol. The van der Waals surface area contributed by atoms with Gasteiger partial charge < -0.3 is 18.9 Å². The van der Waals surface area contributed by atoms with Gasteiger partial charge in [0.1, 0.15) is 12.7 Å². The van der Waals surface area contributed by atoms with Gasteiger partial charge in [-0.25, -0.2) is 14.4 Å². The van der Waals surface area contributed by atoms with Crippen LogP contribution in [0.1, 0.15) is 31.1 Å². The van der Waals surface area contributed by atoms with E-state index in [1.807, 2.05) is 0 Å². The van der Waals surface area contributed by atoms with Crippen LogP contribution in [-0.2, 0) is 18.9 Å². The topological polar surface area (TPSA) is 100 Å². The van der Waals surface area contributed by atoms with Crippen LogP contribution in [0.15, 0.2) is 96.0 Å². The molecule has 0 saturated carbocycles. The van der Waals surface area contributed by atoms with Crippen molar-refractivity contribution in [2.45, 2.75) is 24.5 Å². The number of benzene rings is 3. The maximum atomic E-state index is 12.9. The molecule has 3 aromatic rings. The molecule has 4 atom stereocenters. The van der Waals surface area contributed by atoms with Crippen LogP contribution in [0, 0.1) is 0 Å². The molecular formula is C27H21NO7S. The predicted molar refractivity (Wildman–Crippen MR) is 132 cm³/mol. The van der Waals surface area contributed by atoms with E-state index in [1.54, 1.807) is 91.0 Å². The lowest BCUT2D eigenvalue weighted by Crippen LogP contribution is -2.41. The van der Waals surface area contributed by atoms with Crippen LogP contribution in [0.2, 0.25) is 0 Å². The molecule has 36 heavy (non-hydrogen) atoms. The van der Waals surface area contributed by atoms with Crippen LogP contribution in [0.5, 0.6) is 0 Å². The lowest BCUT2D eigenvalue weighted by Gasteiger charge is -2.23. The number of thiocarbonyl (C=S) groups is 1. The minimum absolute atomic E-state index is 0.285. The van der Waals surface area contributed by atoms with Gasteiger partial charge in [-0.1, -0.05) is 54.6 Å². The summed E-state index contributed by atoms with van der Waals surface area (Å²) in [5.74, 6) is -1.93. The number of hydrogen-bond acceptors (Lipinski definition) is 9. The largest absolute Gasteiger partial charge is 0.459 e. The Morgan fingerprint density at radius 1 is 0.722 bits per heavy atom. The molecule has 0 spiro atoms. The number of carbonyl (C=O) groups excluding carboxylic acids is 3. The maximum absolute atomic E-state index is 12.9. The van der Waals surface area contributed by atoms with Gasteiger partial charge in [0.2, 0.25) is 0 Å². The molecule has 0 amide bonds. The quantitative estimate of drug-likeness (QED) is 0.196. The first-order chi connectivity index (χ1) is 17.6. The van der Waals surface area contributed by atoms with Gasteiger partial charge in [-0.05, 0) is 48.6 Å². The Morgan fingerprint density at radius 2 is 1.17 bits per heavy atom. The molecule has 1 fully saturated rings. The second kappa shape index (κ2) is 12.0. The molecule has 0 N–H and O–H groups in total. The zero-order valence-corrected chi connectivity index (χ0v) is 19.7. The fourth-order valence-corrected chi connectivity index (χ4v) is 3.72. The van der Waals surface area contributed by atoms with Gasteiger partial charge in [0, 0.05) is 0 Å². The van der Waals surface area contributed by atoms with Gasteiger partial charge in [0.15, 0.2) is 18.4 Å². The van der Waals surface area contributed by atoms with Crippen molar-refractivity contribution in [3.05, 3.63) is 108 Å². The molecule has 3 aromatic carbocycles. The number of carbonyl (C=O) groups is 3. The van der Waals surface area contributed by atoms with Crippen molar-refractivity contribution in [3.8, 4) is 0 Å². The van der Waals surface area contributed by atoms with E-state index >= 15 is 0 Å². The second-order valence-electron chi connectivity index (χ2n) is 7.72. The Hall–Kier alpha value is -4.17. The van der Waals surface area contributed by atoms with E-state index in [9.17, 15) is 14.4 Å². The molecule has 1 aliphatic rings. The second-order valence-corrected chi connectivity index (χ2v) is 7.90. The summed E-state index contributed by atoms with van der Waals surface area (Å²) in [6.45, 7) is -0.288. The highest BCUT2D eigenvalue weighted by Gasteiger charge is 2.50. The number of isothiocyanates is 1. The Labute approximate surface area is 212 Å². The molecule has 1 aliphatic heterocycles. The molecule has 1 saturated heterocycles. The third-order valence-electron chi connectivity index (χ3n) is 5.36. The number of nitrogens with zero attached hydrogens (tertiary/aromatic N) is 1. The first-order valence-electron chi connectivity index (χ1n) is 11.0. The molecule has 0 aliphatic carbocycles. The third kappa shape index (κ3) is 6.09. The summed E-state index contributed by atoms with van der Waals surface area (Å²) in [5.41, 5.74) is 0.913. The first-order valence-corrected chi connectivity index (χ1v) is 11.4. The highest BCUT2D eigenvalue weighted by Crippen LogP contribution is 2.30. The summed E-state index contributed by atoms with van der Waals surface area (Å²) in [5, 5.41) is 2.21. The van der Waals surface area contributed by atoms with Gasteiger partial charge in [-0.15, -0.1) is 0 Å². The van der Waals surface area contributed by atoms with Crippen LogP contribution < -0.4 is 0 Å². The highest BCUT2D eigenvalue weighted by molar-refractivity contribution is 7.78. The van der Waals surface area contributed by atoms with Crippen molar-refractivity contribution in [3.63, 3.8) is 0 Å². The Balaban J connectivity index is 1.58.